The van der Waals surface area contributed by atoms with Crippen LogP contribution in [0.3, 0.4) is 0 Å². The number of carboxylic acids is 1. The fraction of sp³-hybridized carbons (Fsp3) is 0.467. The third-order valence-electron chi connectivity index (χ3n) is 3.23. The van der Waals surface area contributed by atoms with Crippen molar-refractivity contribution in [1.82, 2.24) is 5.32 Å². The fourth-order valence-electron chi connectivity index (χ4n) is 2.13. The number of rotatable bonds is 7. The molecule has 1 amide bonds. The molecule has 5 nitrogen and oxygen atoms in total. The normalized spacial score (nSPS) is 13.3. The van der Waals surface area contributed by atoms with Gasteiger partial charge < -0.3 is 15.2 Å². The Morgan fingerprint density at radius 3 is 2.62 bits per heavy atom. The van der Waals surface area contributed by atoms with Gasteiger partial charge in [0, 0.05) is 5.56 Å². The number of hydrogen-bond donors (Lipinski definition) is 2. The average Bonchev–Trinajstić information content (AvgIpc) is 2.38. The van der Waals surface area contributed by atoms with E-state index in [0.717, 1.165) is 0 Å². The lowest BCUT2D eigenvalue weighted by Gasteiger charge is -2.26. The van der Waals surface area contributed by atoms with Crippen molar-refractivity contribution in [3.05, 3.63) is 29.6 Å². The van der Waals surface area contributed by atoms with Crippen LogP contribution in [0.25, 0.3) is 0 Å². The third-order valence-corrected chi connectivity index (χ3v) is 3.23. The van der Waals surface area contributed by atoms with Crippen LogP contribution in [0.4, 0.5) is 4.39 Å². The van der Waals surface area contributed by atoms with E-state index in [1.54, 1.807) is 0 Å². The second-order valence-electron chi connectivity index (χ2n) is 5.07. The topological polar surface area (TPSA) is 75.6 Å². The van der Waals surface area contributed by atoms with Crippen molar-refractivity contribution in [2.24, 2.45) is 0 Å². The summed E-state index contributed by atoms with van der Waals surface area (Å²) in [5.74, 6) is -1.67. The fourth-order valence-corrected chi connectivity index (χ4v) is 2.13. The van der Waals surface area contributed by atoms with Gasteiger partial charge in [-0.3, -0.25) is 4.79 Å². The first-order chi connectivity index (χ1) is 9.82. The van der Waals surface area contributed by atoms with E-state index in [1.165, 1.54) is 32.2 Å². The zero-order valence-electron chi connectivity index (χ0n) is 12.4. The predicted molar refractivity (Wildman–Crippen MR) is 75.7 cm³/mol. The minimum Gasteiger partial charge on any atom is -0.496 e. The molecule has 21 heavy (non-hydrogen) atoms. The number of benzene rings is 1. The largest absolute Gasteiger partial charge is 0.496 e. The van der Waals surface area contributed by atoms with Crippen molar-refractivity contribution in [1.29, 1.82) is 0 Å². The number of nitrogens with one attached hydrogen (secondary N) is 1. The van der Waals surface area contributed by atoms with Gasteiger partial charge in [-0.2, -0.15) is 0 Å². The Morgan fingerprint density at radius 2 is 2.10 bits per heavy atom. The Bertz CT molecular complexity index is 532. The molecular weight excluding hydrogens is 277 g/mol. The first kappa shape index (κ1) is 16.9. The Kier molecular flexibility index (Phi) is 5.69. The molecule has 1 aromatic rings. The van der Waals surface area contributed by atoms with Gasteiger partial charge in [0.1, 0.15) is 17.1 Å². The molecule has 0 aromatic heterocycles. The highest BCUT2D eigenvalue weighted by Gasteiger charge is 2.33. The molecule has 6 heteroatoms. The molecule has 0 aliphatic heterocycles. The lowest BCUT2D eigenvalue weighted by molar-refractivity contribution is -0.147. The Labute approximate surface area is 123 Å². The molecule has 0 radical (unpaired) electrons. The third kappa shape index (κ3) is 4.44. The highest BCUT2D eigenvalue weighted by atomic mass is 19.1. The smallest absolute Gasteiger partial charge is 0.329 e. The number of carboxylic acid groups (broad SMARTS) is 1. The second kappa shape index (κ2) is 7.06. The molecule has 0 fully saturated rings. The monoisotopic (exact) mass is 297 g/mol. The van der Waals surface area contributed by atoms with Crippen LogP contribution in [-0.4, -0.2) is 29.6 Å². The van der Waals surface area contributed by atoms with Crippen LogP contribution in [0.2, 0.25) is 0 Å². The van der Waals surface area contributed by atoms with Gasteiger partial charge in [-0.05, 0) is 31.5 Å². The van der Waals surface area contributed by atoms with Gasteiger partial charge in [0.2, 0.25) is 5.91 Å². The molecule has 0 bridgehead atoms. The van der Waals surface area contributed by atoms with Gasteiger partial charge >= 0.3 is 5.97 Å². The summed E-state index contributed by atoms with van der Waals surface area (Å²) >= 11 is 0. The molecule has 116 valence electrons. The molecule has 0 spiro atoms. The van der Waals surface area contributed by atoms with E-state index in [2.05, 4.69) is 5.32 Å². The number of ether oxygens (including phenoxy) is 1. The quantitative estimate of drug-likeness (QED) is 0.808. The zero-order valence-corrected chi connectivity index (χ0v) is 12.4. The van der Waals surface area contributed by atoms with Gasteiger partial charge in [-0.1, -0.05) is 13.3 Å². The summed E-state index contributed by atoms with van der Waals surface area (Å²) in [4.78, 5) is 23.3. The second-order valence-corrected chi connectivity index (χ2v) is 5.07. The van der Waals surface area contributed by atoms with Crippen LogP contribution >= 0.6 is 0 Å². The van der Waals surface area contributed by atoms with Crippen molar-refractivity contribution in [3.8, 4) is 5.75 Å². The van der Waals surface area contributed by atoms with Gasteiger partial charge in [-0.15, -0.1) is 0 Å². The molecule has 1 aromatic carbocycles. The van der Waals surface area contributed by atoms with Crippen LogP contribution < -0.4 is 10.1 Å². The maximum Gasteiger partial charge on any atom is 0.329 e. The van der Waals surface area contributed by atoms with Crippen molar-refractivity contribution in [3.63, 3.8) is 0 Å². The van der Waals surface area contributed by atoms with Crippen molar-refractivity contribution >= 4 is 11.9 Å². The predicted octanol–water partition coefficient (Wildman–Crippen LogP) is 2.14. The molecule has 1 rings (SSSR count). The summed E-state index contributed by atoms with van der Waals surface area (Å²) in [7, 11) is 1.42. The SMILES string of the molecule is CCCC(C)(NC(=O)Cc1cc(F)ccc1OC)C(=O)O. The number of carbonyl (C=O) groups is 2. The molecule has 1 unspecified atom stereocenters. The van der Waals surface area contributed by atoms with E-state index in [9.17, 15) is 19.1 Å². The summed E-state index contributed by atoms with van der Waals surface area (Å²) < 4.78 is 18.3. The number of methoxy groups -OCH3 is 1. The van der Waals surface area contributed by atoms with Gasteiger partial charge in [-0.25, -0.2) is 9.18 Å². The molecule has 0 heterocycles. The highest BCUT2D eigenvalue weighted by molar-refractivity contribution is 5.87. The highest BCUT2D eigenvalue weighted by Crippen LogP contribution is 2.20. The first-order valence-electron chi connectivity index (χ1n) is 6.69. The molecule has 0 saturated carbocycles. The van der Waals surface area contributed by atoms with Crippen LogP contribution in [0.5, 0.6) is 5.75 Å². The standard InChI is InChI=1S/C15H20FNO4/c1-4-7-15(2,14(19)20)17-13(18)9-10-8-11(16)5-6-12(10)21-3/h5-6,8H,4,7,9H2,1-3H3,(H,17,18)(H,19,20). The van der Waals surface area contributed by atoms with Crippen LogP contribution in [0.1, 0.15) is 32.3 Å². The maximum absolute atomic E-state index is 13.2. The lowest BCUT2D eigenvalue weighted by atomic mass is 9.95. The Morgan fingerprint density at radius 1 is 1.43 bits per heavy atom. The van der Waals surface area contributed by atoms with E-state index in [1.807, 2.05) is 6.92 Å². The van der Waals surface area contributed by atoms with Crippen LogP contribution in [0, 0.1) is 5.82 Å². The van der Waals surface area contributed by atoms with E-state index in [-0.39, 0.29) is 6.42 Å². The van der Waals surface area contributed by atoms with Gasteiger partial charge in [0.15, 0.2) is 0 Å². The van der Waals surface area contributed by atoms with E-state index < -0.39 is 23.2 Å². The van der Waals surface area contributed by atoms with Gasteiger partial charge in [0.25, 0.3) is 0 Å². The Balaban J connectivity index is 2.86. The van der Waals surface area contributed by atoms with Crippen LogP contribution in [0.15, 0.2) is 18.2 Å². The summed E-state index contributed by atoms with van der Waals surface area (Å²) in [6.45, 7) is 3.29. The molecule has 2 N–H and O–H groups in total. The molecule has 0 aliphatic carbocycles. The zero-order chi connectivity index (χ0) is 16.0. The minimum absolute atomic E-state index is 0.145. The number of hydrogen-bond acceptors (Lipinski definition) is 3. The van der Waals surface area contributed by atoms with Gasteiger partial charge in [0.05, 0.1) is 13.5 Å². The summed E-state index contributed by atoms with van der Waals surface area (Å²) in [6.07, 6.45) is 0.786. The number of carbonyl (C=O) groups excluding carboxylic acids is 1. The van der Waals surface area contributed by atoms with Crippen molar-refractivity contribution in [2.75, 3.05) is 7.11 Å². The molecule has 1 atom stereocenters. The van der Waals surface area contributed by atoms with E-state index in [0.29, 0.717) is 24.2 Å². The molecule has 0 saturated heterocycles. The first-order valence-corrected chi connectivity index (χ1v) is 6.69. The van der Waals surface area contributed by atoms with Crippen LogP contribution in [-0.2, 0) is 16.0 Å². The minimum atomic E-state index is -1.33. The molecular formula is C15H20FNO4. The van der Waals surface area contributed by atoms with Crippen molar-refractivity contribution in [2.45, 2.75) is 38.6 Å². The summed E-state index contributed by atoms with van der Waals surface area (Å²) in [5, 5.41) is 11.7. The number of amides is 1. The summed E-state index contributed by atoms with van der Waals surface area (Å²) in [5.41, 5.74) is -0.953. The van der Waals surface area contributed by atoms with Crippen molar-refractivity contribution < 1.29 is 23.8 Å². The van der Waals surface area contributed by atoms with E-state index in [4.69, 9.17) is 4.74 Å². The summed E-state index contributed by atoms with van der Waals surface area (Å²) in [6, 6.07) is 3.87. The number of halogens is 1. The molecule has 0 aliphatic rings. The maximum atomic E-state index is 13.2. The lowest BCUT2D eigenvalue weighted by Crippen LogP contribution is -2.52. The number of aliphatic carboxylic acids is 1. The average molecular weight is 297 g/mol. The van der Waals surface area contributed by atoms with E-state index >= 15 is 0 Å². The Hall–Kier alpha value is -2.11.